The molecule has 0 fully saturated rings. The van der Waals surface area contributed by atoms with Gasteiger partial charge in [-0.2, -0.15) is 0 Å². The van der Waals surface area contributed by atoms with Crippen LogP contribution in [0.4, 0.5) is 17.1 Å². The zero-order chi connectivity index (χ0) is 37.0. The Morgan fingerprint density at radius 3 is 1.66 bits per heavy atom. The van der Waals surface area contributed by atoms with Crippen LogP contribution in [-0.2, 0) is 0 Å². The van der Waals surface area contributed by atoms with Crippen LogP contribution in [0.25, 0.3) is 76.8 Å². The SMILES string of the molecule is c1ccc(-c2ccc(N(c3ccc(-c4cc5ccccc5c5ccccc45)cc3)c3ccc4c(c3)-c3c(ccc5ccccc35)Oc3ccccc3-4)cc2)cc1. The zero-order valence-electron chi connectivity index (χ0n) is 30.6. The number of rotatable bonds is 5. The van der Waals surface area contributed by atoms with Gasteiger partial charge in [-0.3, -0.25) is 0 Å². The van der Waals surface area contributed by atoms with E-state index in [2.05, 4.69) is 211 Å². The van der Waals surface area contributed by atoms with Gasteiger partial charge in [0.25, 0.3) is 0 Å². The van der Waals surface area contributed by atoms with Gasteiger partial charge in [-0.1, -0.05) is 158 Å². The van der Waals surface area contributed by atoms with Gasteiger partial charge in [0.2, 0.25) is 0 Å². The predicted molar refractivity (Wildman–Crippen MR) is 235 cm³/mol. The molecule has 0 aliphatic carbocycles. The molecule has 0 bridgehead atoms. The summed E-state index contributed by atoms with van der Waals surface area (Å²) in [7, 11) is 0. The molecule has 0 saturated heterocycles. The predicted octanol–water partition coefficient (Wildman–Crippen LogP) is 15.4. The number of ether oxygens (including phenoxy) is 1. The molecule has 11 rings (SSSR count). The highest BCUT2D eigenvalue weighted by molar-refractivity contribution is 6.14. The Balaban J connectivity index is 1.10. The van der Waals surface area contributed by atoms with E-state index in [1.165, 1.54) is 54.6 Å². The summed E-state index contributed by atoms with van der Waals surface area (Å²) in [6, 6.07) is 76.4. The molecule has 1 heterocycles. The lowest BCUT2D eigenvalue weighted by Crippen LogP contribution is -2.10. The van der Waals surface area contributed by atoms with Crippen LogP contribution in [-0.4, -0.2) is 0 Å². The fourth-order valence-electron chi connectivity index (χ4n) is 8.59. The van der Waals surface area contributed by atoms with Gasteiger partial charge in [0.05, 0.1) is 0 Å². The number of hydrogen-bond donors (Lipinski definition) is 0. The van der Waals surface area contributed by atoms with Gasteiger partial charge in [-0.05, 0) is 120 Å². The van der Waals surface area contributed by atoms with E-state index in [9.17, 15) is 0 Å². The van der Waals surface area contributed by atoms with Gasteiger partial charge < -0.3 is 9.64 Å². The quantitative estimate of drug-likeness (QED) is 0.165. The summed E-state index contributed by atoms with van der Waals surface area (Å²) < 4.78 is 6.72. The smallest absolute Gasteiger partial charge is 0.135 e. The van der Waals surface area contributed by atoms with Gasteiger partial charge in [0.1, 0.15) is 11.5 Å². The molecule has 56 heavy (non-hydrogen) atoms. The van der Waals surface area contributed by atoms with E-state index < -0.39 is 0 Å². The van der Waals surface area contributed by atoms with Crippen LogP contribution in [0.5, 0.6) is 11.5 Å². The fraction of sp³-hybridized carbons (Fsp3) is 0. The van der Waals surface area contributed by atoms with Crippen LogP contribution >= 0.6 is 0 Å². The third-order valence-corrected chi connectivity index (χ3v) is 11.3. The van der Waals surface area contributed by atoms with E-state index in [4.69, 9.17) is 4.74 Å². The van der Waals surface area contributed by atoms with E-state index in [0.717, 1.165) is 50.8 Å². The van der Waals surface area contributed by atoms with Crippen molar-refractivity contribution in [1.82, 2.24) is 0 Å². The van der Waals surface area contributed by atoms with E-state index in [1.54, 1.807) is 0 Å². The third-order valence-electron chi connectivity index (χ3n) is 11.3. The van der Waals surface area contributed by atoms with Crippen molar-refractivity contribution >= 4 is 49.4 Å². The Morgan fingerprint density at radius 2 is 0.875 bits per heavy atom. The summed E-state index contributed by atoms with van der Waals surface area (Å²) >= 11 is 0. The van der Waals surface area contributed by atoms with Gasteiger partial charge in [-0.15, -0.1) is 0 Å². The molecule has 0 atom stereocenters. The first kappa shape index (κ1) is 32.0. The summed E-state index contributed by atoms with van der Waals surface area (Å²) in [5.41, 5.74) is 12.5. The Labute approximate surface area is 326 Å². The lowest BCUT2D eigenvalue weighted by atomic mass is 9.90. The second-order valence-electron chi connectivity index (χ2n) is 14.5. The van der Waals surface area contributed by atoms with Gasteiger partial charge in [0, 0.05) is 28.2 Å². The minimum atomic E-state index is 0.859. The lowest BCUT2D eigenvalue weighted by Gasteiger charge is -2.27. The average Bonchev–Trinajstić information content (AvgIpc) is 3.41. The van der Waals surface area contributed by atoms with Crippen LogP contribution in [0.2, 0.25) is 0 Å². The van der Waals surface area contributed by atoms with Crippen LogP contribution in [0, 0.1) is 0 Å². The molecular weight excluding hydrogens is 679 g/mol. The van der Waals surface area contributed by atoms with Crippen molar-refractivity contribution in [2.75, 3.05) is 4.90 Å². The van der Waals surface area contributed by atoms with Gasteiger partial charge in [0.15, 0.2) is 0 Å². The molecule has 0 amide bonds. The Morgan fingerprint density at radius 1 is 0.286 bits per heavy atom. The first-order chi connectivity index (χ1) is 27.8. The number of hydrogen-bond acceptors (Lipinski definition) is 2. The van der Waals surface area contributed by atoms with E-state index in [-0.39, 0.29) is 0 Å². The number of para-hydroxylation sites is 1. The van der Waals surface area contributed by atoms with Crippen molar-refractivity contribution in [3.8, 4) is 56.0 Å². The number of anilines is 3. The second kappa shape index (κ2) is 13.2. The Bertz CT molecular complexity index is 3090. The first-order valence-electron chi connectivity index (χ1n) is 19.2. The number of nitrogens with zero attached hydrogens (tertiary/aromatic N) is 1. The zero-order valence-corrected chi connectivity index (χ0v) is 30.6. The van der Waals surface area contributed by atoms with Crippen molar-refractivity contribution in [2.45, 2.75) is 0 Å². The maximum Gasteiger partial charge on any atom is 0.135 e. The largest absolute Gasteiger partial charge is 0.456 e. The molecular formula is C54H35NO. The molecule has 0 aromatic heterocycles. The number of benzene rings is 10. The highest BCUT2D eigenvalue weighted by atomic mass is 16.5. The molecule has 0 unspecified atom stereocenters. The van der Waals surface area contributed by atoms with Gasteiger partial charge in [-0.25, -0.2) is 0 Å². The molecule has 262 valence electrons. The Hall–Kier alpha value is -7.42. The molecule has 0 spiro atoms. The van der Waals surface area contributed by atoms with Crippen LogP contribution in [0.15, 0.2) is 212 Å². The molecule has 10 aromatic carbocycles. The minimum Gasteiger partial charge on any atom is -0.456 e. The van der Waals surface area contributed by atoms with Crippen molar-refractivity contribution in [1.29, 1.82) is 0 Å². The van der Waals surface area contributed by atoms with E-state index in [0.29, 0.717) is 0 Å². The summed E-state index contributed by atoms with van der Waals surface area (Å²) in [5.74, 6) is 1.72. The maximum atomic E-state index is 6.72. The van der Waals surface area contributed by atoms with E-state index in [1.807, 2.05) is 6.07 Å². The van der Waals surface area contributed by atoms with Crippen molar-refractivity contribution in [3.63, 3.8) is 0 Å². The summed E-state index contributed by atoms with van der Waals surface area (Å²) in [6.07, 6.45) is 0. The summed E-state index contributed by atoms with van der Waals surface area (Å²) in [6.45, 7) is 0. The van der Waals surface area contributed by atoms with Crippen molar-refractivity contribution in [3.05, 3.63) is 212 Å². The molecule has 2 heteroatoms. The maximum absolute atomic E-state index is 6.72. The molecule has 1 aliphatic rings. The fourth-order valence-corrected chi connectivity index (χ4v) is 8.59. The highest BCUT2D eigenvalue weighted by Gasteiger charge is 2.25. The topological polar surface area (TPSA) is 12.5 Å². The van der Waals surface area contributed by atoms with Crippen LogP contribution < -0.4 is 9.64 Å². The normalized spacial score (nSPS) is 11.7. The standard InChI is InChI=1S/C54H35NO/c1-2-12-36(13-3-1)37-22-27-41(28-23-37)55(42-29-24-39(25-30-42)50-34-40-15-5-6-16-44(40)46-18-8-9-19-47(46)50)43-31-32-48-49-20-10-11-21-52(49)56-53-33-26-38-14-4-7-17-45(38)54(53)51(48)35-43/h1-35H. The molecule has 2 nitrogen and oxygen atoms in total. The van der Waals surface area contributed by atoms with E-state index >= 15 is 0 Å². The minimum absolute atomic E-state index is 0.859. The third kappa shape index (κ3) is 5.34. The monoisotopic (exact) mass is 713 g/mol. The molecule has 0 radical (unpaired) electrons. The molecule has 0 N–H and O–H groups in total. The van der Waals surface area contributed by atoms with Gasteiger partial charge >= 0.3 is 0 Å². The van der Waals surface area contributed by atoms with Crippen LogP contribution in [0.1, 0.15) is 0 Å². The molecule has 1 aliphatic heterocycles. The van der Waals surface area contributed by atoms with Crippen LogP contribution in [0.3, 0.4) is 0 Å². The highest BCUT2D eigenvalue weighted by Crippen LogP contribution is 2.51. The van der Waals surface area contributed by atoms with Crippen molar-refractivity contribution < 1.29 is 4.74 Å². The second-order valence-corrected chi connectivity index (χ2v) is 14.5. The number of fused-ring (bicyclic) bond motifs is 10. The summed E-state index contributed by atoms with van der Waals surface area (Å²) in [5, 5.41) is 7.40. The summed E-state index contributed by atoms with van der Waals surface area (Å²) in [4.78, 5) is 2.37. The molecule has 0 saturated carbocycles. The van der Waals surface area contributed by atoms with Crippen molar-refractivity contribution in [2.24, 2.45) is 0 Å². The average molecular weight is 714 g/mol. The first-order valence-corrected chi connectivity index (χ1v) is 19.2. The Kier molecular flexibility index (Phi) is 7.53. The lowest BCUT2D eigenvalue weighted by molar-refractivity contribution is 0.488. The molecule has 10 aromatic rings.